The first-order valence-corrected chi connectivity index (χ1v) is 16.7. The molecule has 2 aromatic heterocycles. The summed E-state index contributed by atoms with van der Waals surface area (Å²) >= 11 is 6.64. The molecule has 0 amide bonds. The van der Waals surface area contributed by atoms with E-state index in [1.165, 1.54) is 4.57 Å². The first-order chi connectivity index (χ1) is 19.5. The van der Waals surface area contributed by atoms with Crippen molar-refractivity contribution in [1.29, 1.82) is 0 Å². The lowest BCUT2D eigenvalue weighted by atomic mass is 10.1. The second-order valence-electron chi connectivity index (χ2n) is 11.8. The molecule has 2 aromatic rings. The van der Waals surface area contributed by atoms with Crippen molar-refractivity contribution in [3.8, 4) is 0 Å². The van der Waals surface area contributed by atoms with Crippen molar-refractivity contribution < 1.29 is 60.5 Å². The van der Waals surface area contributed by atoms with Crippen LogP contribution in [0.4, 0.5) is 5.82 Å². The normalized spacial score (nSPS) is 44.4. The van der Waals surface area contributed by atoms with Gasteiger partial charge in [-0.15, -0.1) is 0 Å². The summed E-state index contributed by atoms with van der Waals surface area (Å²) in [5.41, 5.74) is 7.27. The van der Waals surface area contributed by atoms with E-state index in [4.69, 9.17) is 50.1 Å². The Balaban J connectivity index is 1.34. The number of hydrogen-bond acceptors (Lipinski definition) is 13. The fourth-order valence-electron chi connectivity index (χ4n) is 6.51. The van der Waals surface area contributed by atoms with Crippen LogP contribution in [0.15, 0.2) is 6.33 Å². The smallest absolute Gasteiger partial charge is 0.346 e. The molecule has 7 heterocycles. The Kier molecular flexibility index (Phi) is 6.72. The number of rotatable bonds is 0. The van der Waals surface area contributed by atoms with Crippen molar-refractivity contribution in [2.24, 2.45) is 5.92 Å². The van der Waals surface area contributed by atoms with E-state index in [0.717, 1.165) is 0 Å². The standard InChI is InChI=1S/C22H30ClN5O12P2/c1-21(2)36-13-9-5-10(14(13)37-21)27-8-25-18-12(17(27)24)26-20(23)28(18)19-16-15(38-22(3,4)39-16)11(35-19)7-34-42(31,32)40-41(29,30)33-6-9/h8-11,13-16,19,24H,5-7H2,1-4H3,(H2,29,30,31,32)/p+1/t9-,10-,11-,13-,14+,15-,16-,19-/m1/s1. The molecule has 17 nitrogen and oxygen atoms in total. The minimum Gasteiger partial charge on any atom is -0.346 e. The summed E-state index contributed by atoms with van der Waals surface area (Å²) in [6.45, 7) is 5.95. The Labute approximate surface area is 244 Å². The third-order valence-electron chi connectivity index (χ3n) is 8.02. The molecule has 20 heteroatoms. The molecular formula is C22H31ClN5O12P2+. The van der Waals surface area contributed by atoms with Crippen LogP contribution >= 0.6 is 27.2 Å². The Hall–Kier alpha value is -1.30. The van der Waals surface area contributed by atoms with Crippen molar-refractivity contribution in [2.75, 3.05) is 18.9 Å². The van der Waals surface area contributed by atoms with Crippen LogP contribution in [0, 0.1) is 5.92 Å². The van der Waals surface area contributed by atoms with Crippen LogP contribution < -0.4 is 10.3 Å². The van der Waals surface area contributed by atoms with Crippen LogP contribution in [0.3, 0.4) is 0 Å². The van der Waals surface area contributed by atoms with Crippen molar-refractivity contribution in [3.05, 3.63) is 11.6 Å². The number of imidazole rings is 1. The molecule has 1 aliphatic carbocycles. The van der Waals surface area contributed by atoms with E-state index < -0.39 is 82.5 Å². The topological polar surface area (TPSA) is 209 Å². The quantitative estimate of drug-likeness (QED) is 0.210. The molecule has 3 saturated heterocycles. The van der Waals surface area contributed by atoms with Gasteiger partial charge < -0.3 is 39.2 Å². The maximum Gasteiger partial charge on any atom is 0.481 e. The second-order valence-corrected chi connectivity index (χ2v) is 15.2. The van der Waals surface area contributed by atoms with Gasteiger partial charge in [0.15, 0.2) is 23.3 Å². The molecule has 0 aromatic carbocycles. The van der Waals surface area contributed by atoms with Gasteiger partial charge in [-0.3, -0.25) is 13.6 Å². The molecule has 4 N–H and O–H groups in total. The van der Waals surface area contributed by atoms with Gasteiger partial charge in [0.2, 0.25) is 17.3 Å². The van der Waals surface area contributed by atoms with Gasteiger partial charge in [-0.1, -0.05) is 4.98 Å². The highest BCUT2D eigenvalue weighted by Gasteiger charge is 2.59. The number of phosphoric acid groups is 2. The van der Waals surface area contributed by atoms with Crippen molar-refractivity contribution in [3.63, 3.8) is 0 Å². The van der Waals surface area contributed by atoms with Crippen LogP contribution in [0.1, 0.15) is 46.4 Å². The van der Waals surface area contributed by atoms with Crippen LogP contribution in [0.5, 0.6) is 0 Å². The number of anilines is 1. The molecular weight excluding hydrogens is 624 g/mol. The van der Waals surface area contributed by atoms with Gasteiger partial charge in [0.1, 0.15) is 30.5 Å². The summed E-state index contributed by atoms with van der Waals surface area (Å²) in [6, 6.07) is -0.444. The fraction of sp³-hybridized carbons (Fsp3) is 0.773. The molecule has 5 aliphatic heterocycles. The Morgan fingerprint density at radius 3 is 2.33 bits per heavy atom. The van der Waals surface area contributed by atoms with Gasteiger partial charge in [0.25, 0.3) is 5.82 Å². The molecule has 42 heavy (non-hydrogen) atoms. The maximum absolute atomic E-state index is 12.7. The van der Waals surface area contributed by atoms with E-state index in [-0.39, 0.29) is 17.7 Å². The molecule has 8 bridgehead atoms. The maximum atomic E-state index is 12.7. The predicted molar refractivity (Wildman–Crippen MR) is 138 cm³/mol. The highest BCUT2D eigenvalue weighted by atomic mass is 35.5. The van der Waals surface area contributed by atoms with Crippen LogP contribution in [-0.4, -0.2) is 79.6 Å². The number of halogens is 1. The van der Waals surface area contributed by atoms with Crippen LogP contribution in [0.2, 0.25) is 5.28 Å². The van der Waals surface area contributed by atoms with Crippen LogP contribution in [0.25, 0.3) is 11.2 Å². The van der Waals surface area contributed by atoms with E-state index >= 15 is 0 Å². The van der Waals surface area contributed by atoms with Gasteiger partial charge in [0, 0.05) is 5.92 Å². The molecule has 8 rings (SSSR count). The fourth-order valence-corrected chi connectivity index (χ4v) is 8.91. The largest absolute Gasteiger partial charge is 0.481 e. The lowest BCUT2D eigenvalue weighted by molar-refractivity contribution is -0.717. The molecule has 0 radical (unpaired) electrons. The molecule has 2 unspecified atom stereocenters. The second kappa shape index (κ2) is 9.60. The first-order valence-electron chi connectivity index (χ1n) is 13.3. The van der Waals surface area contributed by atoms with Gasteiger partial charge >= 0.3 is 15.6 Å². The lowest BCUT2D eigenvalue weighted by Crippen LogP contribution is -2.48. The minimum absolute atomic E-state index is 0.00744. The average Bonchev–Trinajstić information content (AvgIpc) is 3.61. The summed E-state index contributed by atoms with van der Waals surface area (Å²) in [6.07, 6.45) is -2.75. The monoisotopic (exact) mass is 654 g/mol. The van der Waals surface area contributed by atoms with Gasteiger partial charge in [0.05, 0.1) is 19.3 Å². The van der Waals surface area contributed by atoms with E-state index in [1.54, 1.807) is 38.6 Å². The number of ether oxygens (including phenoxy) is 5. The van der Waals surface area contributed by atoms with E-state index in [2.05, 4.69) is 14.3 Å². The van der Waals surface area contributed by atoms with Crippen molar-refractivity contribution >= 4 is 44.2 Å². The van der Waals surface area contributed by atoms with Gasteiger partial charge in [-0.2, -0.15) is 4.31 Å². The molecule has 10 atom stereocenters. The zero-order chi connectivity index (χ0) is 30.0. The highest BCUT2D eigenvalue weighted by molar-refractivity contribution is 7.61. The van der Waals surface area contributed by atoms with E-state index in [0.29, 0.717) is 17.6 Å². The first kappa shape index (κ1) is 29.4. The minimum atomic E-state index is -5.12. The Morgan fingerprint density at radius 2 is 1.62 bits per heavy atom. The summed E-state index contributed by atoms with van der Waals surface area (Å²) in [7, 11) is -10.2. The van der Waals surface area contributed by atoms with Gasteiger partial charge in [-0.25, -0.2) is 18.7 Å². The van der Waals surface area contributed by atoms with Crippen molar-refractivity contribution in [1.82, 2.24) is 14.5 Å². The summed E-state index contributed by atoms with van der Waals surface area (Å²) in [4.78, 5) is 29.8. The number of hydrogen-bond donors (Lipinski definition) is 3. The lowest BCUT2D eigenvalue weighted by Gasteiger charge is -2.25. The molecule has 4 fully saturated rings. The third-order valence-corrected chi connectivity index (χ3v) is 10.9. The molecule has 1 saturated carbocycles. The number of phosphoric ester groups is 2. The summed E-state index contributed by atoms with van der Waals surface area (Å²) in [5, 5.41) is 0.00744. The van der Waals surface area contributed by atoms with E-state index in [1.807, 2.05) is 0 Å². The predicted octanol–water partition coefficient (Wildman–Crippen LogP) is 1.72. The molecule has 232 valence electrons. The van der Waals surface area contributed by atoms with Crippen LogP contribution in [-0.2, 0) is 46.2 Å². The Morgan fingerprint density at radius 1 is 1.00 bits per heavy atom. The summed E-state index contributed by atoms with van der Waals surface area (Å²) in [5.74, 6) is -2.27. The number of fused-ring (bicyclic) bond motifs is 9. The highest BCUT2D eigenvalue weighted by Crippen LogP contribution is 2.61. The number of nitrogens with zero attached hydrogens (tertiary/aromatic N) is 4. The molecule has 6 aliphatic rings. The zero-order valence-corrected chi connectivity index (χ0v) is 25.5. The zero-order valence-electron chi connectivity index (χ0n) is 22.9. The SMILES string of the molecule is CC1(C)O[C@@H]2[C@H]3COP(=O)(O)OP(=O)(O)OC[C@H]4O[C@H]([C@@H]5OC(C)(C)O[C@@H]54)n4c(Cl)nc5c(N)[n+](cnc54)[C@H](C3)[C@@H]2O1. The van der Waals surface area contributed by atoms with Crippen molar-refractivity contribution in [2.45, 2.75) is 88.5 Å². The molecule has 0 spiro atoms. The van der Waals surface area contributed by atoms with E-state index in [9.17, 15) is 18.9 Å². The van der Waals surface area contributed by atoms with Gasteiger partial charge in [-0.05, 0) is 45.7 Å². The number of aromatic nitrogens is 4. The average molecular weight is 655 g/mol. The Bertz CT molecular complexity index is 1540. The number of nitrogens with two attached hydrogens (primary N) is 1. The summed E-state index contributed by atoms with van der Waals surface area (Å²) < 4.78 is 74.1. The number of nitrogen functional groups attached to an aromatic ring is 1. The third kappa shape index (κ3) is 4.92.